The lowest BCUT2D eigenvalue weighted by Gasteiger charge is -2.41. The van der Waals surface area contributed by atoms with Crippen molar-refractivity contribution in [3.63, 3.8) is 0 Å². The first-order valence-corrected chi connectivity index (χ1v) is 11.2. The SMILES string of the molecule is Nc1nn2c(c1C(=O)Nc1cnccc1N1CCN(C3CCOCC3)CC1)NCC(F)C2. The molecule has 0 saturated carbocycles. The van der Waals surface area contributed by atoms with Gasteiger partial charge in [-0.1, -0.05) is 0 Å². The Morgan fingerprint density at radius 2 is 2.03 bits per heavy atom. The number of carbonyl (C=O) groups excluding carboxylic acids is 1. The molecule has 32 heavy (non-hydrogen) atoms. The van der Waals surface area contributed by atoms with Crippen LogP contribution in [0, 0.1) is 0 Å². The zero-order valence-corrected chi connectivity index (χ0v) is 18.0. The van der Waals surface area contributed by atoms with Gasteiger partial charge in [-0.15, -0.1) is 0 Å². The van der Waals surface area contributed by atoms with Crippen LogP contribution in [0.5, 0.6) is 0 Å². The molecule has 2 saturated heterocycles. The van der Waals surface area contributed by atoms with E-state index >= 15 is 0 Å². The second kappa shape index (κ2) is 8.91. The van der Waals surface area contributed by atoms with E-state index in [4.69, 9.17) is 10.5 Å². The quantitative estimate of drug-likeness (QED) is 0.644. The zero-order chi connectivity index (χ0) is 22.1. The number of aromatic nitrogens is 3. The molecule has 0 aliphatic carbocycles. The Kier molecular flexibility index (Phi) is 5.83. The molecular formula is C21H29FN8O2. The molecule has 11 heteroatoms. The Morgan fingerprint density at radius 3 is 2.81 bits per heavy atom. The summed E-state index contributed by atoms with van der Waals surface area (Å²) in [7, 11) is 0. The van der Waals surface area contributed by atoms with Crippen molar-refractivity contribution >= 4 is 28.9 Å². The van der Waals surface area contributed by atoms with E-state index in [1.54, 1.807) is 12.4 Å². The number of nitrogens with two attached hydrogens (primary N) is 1. The number of hydrogen-bond donors (Lipinski definition) is 3. The summed E-state index contributed by atoms with van der Waals surface area (Å²) in [6.45, 7) is 5.57. The van der Waals surface area contributed by atoms with Crippen LogP contribution >= 0.6 is 0 Å². The molecule has 5 heterocycles. The van der Waals surface area contributed by atoms with E-state index in [-0.39, 0.29) is 30.4 Å². The fourth-order valence-electron chi connectivity index (χ4n) is 4.80. The number of carbonyl (C=O) groups is 1. The number of pyridine rings is 1. The van der Waals surface area contributed by atoms with Gasteiger partial charge in [0.1, 0.15) is 17.6 Å². The summed E-state index contributed by atoms with van der Waals surface area (Å²) in [4.78, 5) is 22.1. The molecule has 0 aromatic carbocycles. The lowest BCUT2D eigenvalue weighted by Crippen LogP contribution is -2.51. The first-order chi connectivity index (χ1) is 15.6. The molecule has 1 atom stereocenters. The van der Waals surface area contributed by atoms with Gasteiger partial charge in [0.25, 0.3) is 5.91 Å². The fourth-order valence-corrected chi connectivity index (χ4v) is 4.80. The third kappa shape index (κ3) is 4.09. The summed E-state index contributed by atoms with van der Waals surface area (Å²) in [5, 5.41) is 9.99. The molecule has 172 valence electrons. The first-order valence-electron chi connectivity index (χ1n) is 11.2. The standard InChI is InChI=1S/C21H29FN8O2/c22-14-11-25-20-18(19(23)27-30(20)13-14)21(31)26-16-12-24-4-1-17(16)29-7-5-28(6-8-29)15-2-9-32-10-3-15/h1,4,12,14-15,25H,2-3,5-11,13H2,(H2,23,27)(H,26,31). The van der Waals surface area contributed by atoms with Crippen molar-refractivity contribution in [2.45, 2.75) is 31.6 Å². The molecule has 2 aromatic rings. The Morgan fingerprint density at radius 1 is 1.25 bits per heavy atom. The van der Waals surface area contributed by atoms with Crippen LogP contribution in [0.25, 0.3) is 0 Å². The third-order valence-corrected chi connectivity index (χ3v) is 6.48. The molecule has 5 rings (SSSR count). The molecule has 2 aromatic heterocycles. The number of fused-ring (bicyclic) bond motifs is 1. The molecule has 0 spiro atoms. The highest BCUT2D eigenvalue weighted by Gasteiger charge is 2.29. The van der Waals surface area contributed by atoms with Gasteiger partial charge in [0.2, 0.25) is 0 Å². The lowest BCUT2D eigenvalue weighted by atomic mass is 10.1. The van der Waals surface area contributed by atoms with Crippen molar-refractivity contribution in [3.8, 4) is 0 Å². The number of ether oxygens (including phenoxy) is 1. The number of hydrogen-bond acceptors (Lipinski definition) is 8. The van der Waals surface area contributed by atoms with Crippen LogP contribution in [-0.2, 0) is 11.3 Å². The van der Waals surface area contributed by atoms with E-state index in [2.05, 4.69) is 30.5 Å². The Hall–Kier alpha value is -2.92. The van der Waals surface area contributed by atoms with Gasteiger partial charge in [-0.3, -0.25) is 14.7 Å². The molecular weight excluding hydrogens is 415 g/mol. The monoisotopic (exact) mass is 444 g/mol. The summed E-state index contributed by atoms with van der Waals surface area (Å²) >= 11 is 0. The highest BCUT2D eigenvalue weighted by molar-refractivity contribution is 6.11. The largest absolute Gasteiger partial charge is 0.381 e. The van der Waals surface area contributed by atoms with Gasteiger partial charge >= 0.3 is 0 Å². The van der Waals surface area contributed by atoms with Gasteiger partial charge in [-0.25, -0.2) is 9.07 Å². The van der Waals surface area contributed by atoms with Crippen molar-refractivity contribution in [1.82, 2.24) is 19.7 Å². The predicted octanol–water partition coefficient (Wildman–Crippen LogP) is 1.18. The number of nitrogens with zero attached hydrogens (tertiary/aromatic N) is 5. The molecule has 0 bridgehead atoms. The minimum absolute atomic E-state index is 0.0783. The van der Waals surface area contributed by atoms with Crippen LogP contribution < -0.4 is 21.3 Å². The molecule has 4 N–H and O–H groups in total. The smallest absolute Gasteiger partial charge is 0.263 e. The number of anilines is 4. The fraction of sp³-hybridized carbons (Fsp3) is 0.571. The maximum atomic E-state index is 13.7. The summed E-state index contributed by atoms with van der Waals surface area (Å²) in [5.74, 6) is 0.141. The second-order valence-electron chi connectivity index (χ2n) is 8.48. The number of piperazine rings is 1. The maximum Gasteiger partial charge on any atom is 0.263 e. The Labute approximate surface area is 185 Å². The summed E-state index contributed by atoms with van der Waals surface area (Å²) < 4.78 is 20.6. The average Bonchev–Trinajstić information content (AvgIpc) is 3.15. The van der Waals surface area contributed by atoms with Crippen molar-refractivity contribution in [2.75, 3.05) is 67.2 Å². The van der Waals surface area contributed by atoms with Gasteiger partial charge in [-0.05, 0) is 18.9 Å². The third-order valence-electron chi connectivity index (χ3n) is 6.48. The number of amides is 1. The molecule has 0 radical (unpaired) electrons. The van der Waals surface area contributed by atoms with Gasteiger partial charge in [-0.2, -0.15) is 5.10 Å². The minimum atomic E-state index is -1.07. The first kappa shape index (κ1) is 21.0. The number of nitrogens with one attached hydrogen (secondary N) is 2. The van der Waals surface area contributed by atoms with Crippen molar-refractivity contribution < 1.29 is 13.9 Å². The Bertz CT molecular complexity index is 969. The van der Waals surface area contributed by atoms with Crippen LogP contribution in [0.3, 0.4) is 0 Å². The molecule has 10 nitrogen and oxygen atoms in total. The van der Waals surface area contributed by atoms with Crippen LogP contribution in [0.15, 0.2) is 18.5 Å². The number of alkyl halides is 1. The van der Waals surface area contributed by atoms with E-state index in [0.29, 0.717) is 17.5 Å². The average molecular weight is 445 g/mol. The Balaban J connectivity index is 1.29. The predicted molar refractivity (Wildman–Crippen MR) is 120 cm³/mol. The summed E-state index contributed by atoms with van der Waals surface area (Å²) in [6.07, 6.45) is 4.49. The lowest BCUT2D eigenvalue weighted by molar-refractivity contribution is 0.0321. The van der Waals surface area contributed by atoms with E-state index < -0.39 is 6.17 Å². The minimum Gasteiger partial charge on any atom is -0.381 e. The molecule has 1 unspecified atom stereocenters. The van der Waals surface area contributed by atoms with Crippen LogP contribution in [0.1, 0.15) is 23.2 Å². The second-order valence-corrected chi connectivity index (χ2v) is 8.48. The van der Waals surface area contributed by atoms with Crippen LogP contribution in [0.4, 0.5) is 27.4 Å². The van der Waals surface area contributed by atoms with Crippen molar-refractivity contribution in [1.29, 1.82) is 0 Å². The molecule has 1 amide bonds. The highest BCUT2D eigenvalue weighted by atomic mass is 19.1. The van der Waals surface area contributed by atoms with Gasteiger partial charge in [0.15, 0.2) is 5.82 Å². The van der Waals surface area contributed by atoms with E-state index in [0.717, 1.165) is 57.9 Å². The zero-order valence-electron chi connectivity index (χ0n) is 18.0. The highest BCUT2D eigenvalue weighted by Crippen LogP contribution is 2.30. The summed E-state index contributed by atoms with van der Waals surface area (Å²) in [5.41, 5.74) is 7.77. The number of rotatable bonds is 4. The number of halogens is 1. The van der Waals surface area contributed by atoms with Crippen molar-refractivity contribution in [3.05, 3.63) is 24.0 Å². The van der Waals surface area contributed by atoms with Gasteiger partial charge in [0, 0.05) is 58.2 Å². The molecule has 3 aliphatic heterocycles. The van der Waals surface area contributed by atoms with E-state index in [1.807, 2.05) is 6.07 Å². The van der Waals surface area contributed by atoms with Gasteiger partial charge in [0.05, 0.1) is 24.1 Å². The molecule has 2 fully saturated rings. The van der Waals surface area contributed by atoms with Crippen LogP contribution in [-0.4, -0.2) is 83.7 Å². The van der Waals surface area contributed by atoms with Crippen molar-refractivity contribution in [2.24, 2.45) is 0 Å². The number of nitrogen functional groups attached to an aromatic ring is 1. The normalized spacial score (nSPS) is 22.3. The van der Waals surface area contributed by atoms with Crippen LogP contribution in [0.2, 0.25) is 0 Å². The van der Waals surface area contributed by atoms with E-state index in [9.17, 15) is 9.18 Å². The van der Waals surface area contributed by atoms with E-state index in [1.165, 1.54) is 4.68 Å². The topological polar surface area (TPSA) is 114 Å². The summed E-state index contributed by atoms with van der Waals surface area (Å²) in [6, 6.07) is 2.51. The van der Waals surface area contributed by atoms with Gasteiger partial charge < -0.3 is 26.0 Å². The maximum absolute atomic E-state index is 13.7. The molecule has 3 aliphatic rings.